The minimum atomic E-state index is -0.549. The van der Waals surface area contributed by atoms with Crippen LogP contribution in [0.4, 0.5) is 10.1 Å². The molecule has 0 spiro atoms. The van der Waals surface area contributed by atoms with Gasteiger partial charge in [0.25, 0.3) is 5.91 Å². The van der Waals surface area contributed by atoms with Gasteiger partial charge in [0.15, 0.2) is 0 Å². The zero-order valence-corrected chi connectivity index (χ0v) is 15.9. The van der Waals surface area contributed by atoms with Crippen LogP contribution in [0.25, 0.3) is 0 Å². The van der Waals surface area contributed by atoms with E-state index in [1.54, 1.807) is 12.1 Å². The van der Waals surface area contributed by atoms with Crippen molar-refractivity contribution in [3.05, 3.63) is 65.0 Å². The predicted octanol–water partition coefficient (Wildman–Crippen LogP) is 2.47. The van der Waals surface area contributed by atoms with Crippen LogP contribution in [0.2, 0.25) is 0 Å². The summed E-state index contributed by atoms with van der Waals surface area (Å²) in [4.78, 5) is 25.3. The second-order valence-corrected chi connectivity index (χ2v) is 7.07. The van der Waals surface area contributed by atoms with Gasteiger partial charge in [-0.15, -0.1) is 0 Å². The Morgan fingerprint density at radius 2 is 1.71 bits per heavy atom. The molecule has 0 aliphatic carbocycles. The first-order valence-electron chi connectivity index (χ1n) is 9.20. The largest absolute Gasteiger partial charge is 0.372 e. The maximum absolute atomic E-state index is 14.6. The lowest BCUT2D eigenvalue weighted by Gasteiger charge is -2.37. The SMILES string of the molecule is CC1CN(c2ccc(CNC(=O)c3ccc(C(N)=O)cc3)cc2F)CC(C)O1. The normalized spacial score (nSPS) is 19.3. The lowest BCUT2D eigenvalue weighted by atomic mass is 10.1. The molecule has 2 aromatic rings. The molecule has 0 bridgehead atoms. The molecule has 1 aliphatic rings. The van der Waals surface area contributed by atoms with Crippen molar-refractivity contribution in [2.75, 3.05) is 18.0 Å². The number of nitrogens with zero attached hydrogens (tertiary/aromatic N) is 1. The van der Waals surface area contributed by atoms with E-state index in [0.717, 1.165) is 0 Å². The van der Waals surface area contributed by atoms with Gasteiger partial charge < -0.3 is 20.7 Å². The number of amides is 2. The van der Waals surface area contributed by atoms with Crippen LogP contribution in [0.3, 0.4) is 0 Å². The number of hydrogen-bond acceptors (Lipinski definition) is 4. The summed E-state index contributed by atoms with van der Waals surface area (Å²) in [7, 11) is 0. The van der Waals surface area contributed by atoms with Crippen molar-refractivity contribution >= 4 is 17.5 Å². The average Bonchev–Trinajstić information content (AvgIpc) is 2.65. The molecular formula is C21H24FN3O3. The fourth-order valence-electron chi connectivity index (χ4n) is 3.36. The van der Waals surface area contributed by atoms with Crippen LogP contribution < -0.4 is 16.0 Å². The Bertz CT molecular complexity index is 860. The number of rotatable bonds is 5. The third-order valence-electron chi connectivity index (χ3n) is 4.66. The maximum atomic E-state index is 14.6. The van der Waals surface area contributed by atoms with Gasteiger partial charge in [-0.1, -0.05) is 6.07 Å². The summed E-state index contributed by atoms with van der Waals surface area (Å²) < 4.78 is 20.3. The minimum absolute atomic E-state index is 0.0445. The van der Waals surface area contributed by atoms with Gasteiger partial charge in [-0.3, -0.25) is 9.59 Å². The molecule has 2 unspecified atom stereocenters. The minimum Gasteiger partial charge on any atom is -0.372 e. The van der Waals surface area contributed by atoms with Crippen LogP contribution in [-0.4, -0.2) is 37.1 Å². The lowest BCUT2D eigenvalue weighted by Crippen LogP contribution is -2.45. The highest BCUT2D eigenvalue weighted by Crippen LogP contribution is 2.24. The summed E-state index contributed by atoms with van der Waals surface area (Å²) in [5.41, 5.74) is 7.13. The summed E-state index contributed by atoms with van der Waals surface area (Å²) >= 11 is 0. The summed E-state index contributed by atoms with van der Waals surface area (Å²) in [6.07, 6.45) is 0.0890. The number of anilines is 1. The first-order valence-corrected chi connectivity index (χ1v) is 9.20. The molecule has 148 valence electrons. The van der Waals surface area contributed by atoms with E-state index in [0.29, 0.717) is 35.5 Å². The molecule has 0 radical (unpaired) electrons. The van der Waals surface area contributed by atoms with Crippen LogP contribution in [0.5, 0.6) is 0 Å². The Labute approximate surface area is 163 Å². The van der Waals surface area contributed by atoms with E-state index in [1.165, 1.54) is 30.3 Å². The molecule has 2 aromatic carbocycles. The summed E-state index contributed by atoms with van der Waals surface area (Å²) in [5.74, 6) is -1.18. The molecule has 6 nitrogen and oxygen atoms in total. The average molecular weight is 385 g/mol. The zero-order valence-electron chi connectivity index (χ0n) is 15.9. The van der Waals surface area contributed by atoms with E-state index in [9.17, 15) is 14.0 Å². The second-order valence-electron chi connectivity index (χ2n) is 7.07. The topological polar surface area (TPSA) is 84.7 Å². The maximum Gasteiger partial charge on any atom is 0.251 e. The third kappa shape index (κ3) is 4.67. The molecule has 0 aromatic heterocycles. The van der Waals surface area contributed by atoms with Gasteiger partial charge in [0.05, 0.1) is 17.9 Å². The number of carbonyl (C=O) groups is 2. The Hall–Kier alpha value is -2.93. The highest BCUT2D eigenvalue weighted by Gasteiger charge is 2.24. The quantitative estimate of drug-likeness (QED) is 0.828. The van der Waals surface area contributed by atoms with Gasteiger partial charge in [-0.2, -0.15) is 0 Å². The van der Waals surface area contributed by atoms with E-state index in [4.69, 9.17) is 10.5 Å². The molecule has 1 saturated heterocycles. The van der Waals surface area contributed by atoms with Crippen molar-refractivity contribution < 1.29 is 18.7 Å². The fourth-order valence-corrected chi connectivity index (χ4v) is 3.36. The lowest BCUT2D eigenvalue weighted by molar-refractivity contribution is -0.00539. The van der Waals surface area contributed by atoms with Gasteiger partial charge >= 0.3 is 0 Å². The number of primary amides is 1. The van der Waals surface area contributed by atoms with E-state index in [1.807, 2.05) is 18.7 Å². The van der Waals surface area contributed by atoms with Crippen LogP contribution in [-0.2, 0) is 11.3 Å². The van der Waals surface area contributed by atoms with Crippen LogP contribution >= 0.6 is 0 Å². The smallest absolute Gasteiger partial charge is 0.251 e. The van der Waals surface area contributed by atoms with E-state index in [2.05, 4.69) is 5.32 Å². The number of benzene rings is 2. The van der Waals surface area contributed by atoms with Crippen LogP contribution in [0, 0.1) is 5.82 Å². The molecule has 3 rings (SSSR count). The van der Waals surface area contributed by atoms with Crippen molar-refractivity contribution in [2.24, 2.45) is 5.73 Å². The van der Waals surface area contributed by atoms with Gasteiger partial charge in [0, 0.05) is 30.8 Å². The molecule has 1 aliphatic heterocycles. The molecule has 2 amide bonds. The second kappa shape index (κ2) is 8.39. The van der Waals surface area contributed by atoms with Crippen molar-refractivity contribution in [1.29, 1.82) is 0 Å². The van der Waals surface area contributed by atoms with Gasteiger partial charge in [0.2, 0.25) is 5.91 Å². The molecule has 1 fully saturated rings. The van der Waals surface area contributed by atoms with E-state index < -0.39 is 5.91 Å². The molecule has 28 heavy (non-hydrogen) atoms. The highest BCUT2D eigenvalue weighted by atomic mass is 19.1. The number of ether oxygens (including phenoxy) is 1. The summed E-state index contributed by atoms with van der Waals surface area (Å²) in [5, 5.41) is 2.75. The molecule has 1 heterocycles. The van der Waals surface area contributed by atoms with Gasteiger partial charge in [-0.05, 0) is 55.8 Å². The zero-order chi connectivity index (χ0) is 20.3. The number of hydrogen-bond donors (Lipinski definition) is 2. The molecule has 3 N–H and O–H groups in total. The highest BCUT2D eigenvalue weighted by molar-refractivity contribution is 5.97. The third-order valence-corrected chi connectivity index (χ3v) is 4.66. The first kappa shape index (κ1) is 19.8. The summed E-state index contributed by atoms with van der Waals surface area (Å²) in [6, 6.07) is 11.0. The number of morpholine rings is 1. The number of halogens is 1. The number of nitrogens with two attached hydrogens (primary N) is 1. The van der Waals surface area contributed by atoms with Crippen molar-refractivity contribution in [3.63, 3.8) is 0 Å². The Morgan fingerprint density at radius 3 is 2.29 bits per heavy atom. The molecule has 7 heteroatoms. The molecule has 0 saturated carbocycles. The Kier molecular flexibility index (Phi) is 5.94. The van der Waals surface area contributed by atoms with E-state index in [-0.39, 0.29) is 30.5 Å². The number of carbonyl (C=O) groups excluding carboxylic acids is 2. The fraction of sp³-hybridized carbons (Fsp3) is 0.333. The van der Waals surface area contributed by atoms with Gasteiger partial charge in [-0.25, -0.2) is 4.39 Å². The first-order chi connectivity index (χ1) is 13.3. The number of nitrogens with one attached hydrogen (secondary N) is 1. The van der Waals surface area contributed by atoms with Gasteiger partial charge in [0.1, 0.15) is 5.82 Å². The molecular weight excluding hydrogens is 361 g/mol. The van der Waals surface area contributed by atoms with Crippen molar-refractivity contribution in [2.45, 2.75) is 32.6 Å². The van der Waals surface area contributed by atoms with Crippen LogP contribution in [0.1, 0.15) is 40.1 Å². The van der Waals surface area contributed by atoms with Crippen LogP contribution in [0.15, 0.2) is 42.5 Å². The Morgan fingerprint density at radius 1 is 1.11 bits per heavy atom. The van der Waals surface area contributed by atoms with Crippen molar-refractivity contribution in [3.8, 4) is 0 Å². The molecule has 2 atom stereocenters. The van der Waals surface area contributed by atoms with Crippen molar-refractivity contribution in [1.82, 2.24) is 5.32 Å². The monoisotopic (exact) mass is 385 g/mol. The van der Waals surface area contributed by atoms with E-state index >= 15 is 0 Å². The standard InChI is InChI=1S/C21H24FN3O3/c1-13-11-25(12-14(2)28-13)19-8-3-15(9-18(19)22)10-24-21(27)17-6-4-16(5-7-17)20(23)26/h3-9,13-14H,10-12H2,1-2H3,(H2,23,26)(H,24,27). The Balaban J connectivity index is 1.62. The predicted molar refractivity (Wildman–Crippen MR) is 105 cm³/mol. The summed E-state index contributed by atoms with van der Waals surface area (Å²) in [6.45, 7) is 5.42.